The summed E-state index contributed by atoms with van der Waals surface area (Å²) in [4.78, 5) is 0.261. The molecule has 0 radical (unpaired) electrons. The number of halogens is 1. The van der Waals surface area contributed by atoms with Crippen LogP contribution in [0.15, 0.2) is 56.0 Å². The molecule has 6 nitrogen and oxygen atoms in total. The van der Waals surface area contributed by atoms with Crippen LogP contribution in [0.1, 0.15) is 25.3 Å². The predicted octanol–water partition coefficient (Wildman–Crippen LogP) is 5.30. The van der Waals surface area contributed by atoms with Crippen molar-refractivity contribution in [1.29, 1.82) is 0 Å². The highest BCUT2D eigenvalue weighted by Gasteiger charge is 2.27. The van der Waals surface area contributed by atoms with Crippen molar-refractivity contribution < 1.29 is 13.5 Å². The number of rotatable bonds is 4. The van der Waals surface area contributed by atoms with Crippen molar-refractivity contribution in [2.45, 2.75) is 31.6 Å². The molecule has 8 heteroatoms. The van der Waals surface area contributed by atoms with E-state index in [0.29, 0.717) is 35.9 Å². The molecule has 2 aromatic rings. The topological polar surface area (TPSA) is 82.3 Å². The molecular formula is C19H22BrN3O3S. The molecule has 0 unspecified atom stereocenters. The lowest BCUT2D eigenvalue weighted by Gasteiger charge is -2.29. The van der Waals surface area contributed by atoms with Crippen molar-refractivity contribution in [3.63, 3.8) is 0 Å². The van der Waals surface area contributed by atoms with Gasteiger partial charge in [-0.2, -0.15) is 9.42 Å². The third-order valence-electron chi connectivity index (χ3n) is 4.74. The van der Waals surface area contributed by atoms with E-state index in [9.17, 15) is 13.5 Å². The summed E-state index contributed by atoms with van der Waals surface area (Å²) in [6.07, 6.45) is 1.78. The fourth-order valence-corrected chi connectivity index (χ4v) is 4.99. The van der Waals surface area contributed by atoms with Gasteiger partial charge >= 0.3 is 0 Å². The summed E-state index contributed by atoms with van der Waals surface area (Å²) in [7, 11) is -3.47. The quantitative estimate of drug-likeness (QED) is 0.640. The first-order chi connectivity index (χ1) is 12.8. The summed E-state index contributed by atoms with van der Waals surface area (Å²) >= 11 is 3.36. The van der Waals surface area contributed by atoms with Crippen LogP contribution in [0, 0.1) is 12.8 Å². The van der Waals surface area contributed by atoms with Gasteiger partial charge in [-0.3, -0.25) is 0 Å². The molecular weight excluding hydrogens is 430 g/mol. The van der Waals surface area contributed by atoms with Gasteiger partial charge in [0.2, 0.25) is 10.0 Å². The minimum atomic E-state index is -3.47. The number of azo groups is 1. The molecule has 3 rings (SSSR count). The van der Waals surface area contributed by atoms with Crippen LogP contribution >= 0.6 is 15.9 Å². The third kappa shape index (κ3) is 4.56. The number of phenols is 1. The molecule has 1 N–H and O–H groups in total. The zero-order valence-electron chi connectivity index (χ0n) is 15.3. The molecule has 1 fully saturated rings. The molecule has 1 aliphatic rings. The van der Waals surface area contributed by atoms with E-state index >= 15 is 0 Å². The maximum Gasteiger partial charge on any atom is 0.243 e. The minimum absolute atomic E-state index is 0.0699. The van der Waals surface area contributed by atoms with Gasteiger partial charge in [0.1, 0.15) is 11.4 Å². The Kier molecular flexibility index (Phi) is 5.98. The third-order valence-corrected chi connectivity index (χ3v) is 7.11. The lowest BCUT2D eigenvalue weighted by atomic mass is 10.0. The number of hydrogen-bond acceptors (Lipinski definition) is 5. The summed E-state index contributed by atoms with van der Waals surface area (Å²) in [5.74, 6) is 0.637. The molecule has 2 aromatic carbocycles. The second-order valence-electron chi connectivity index (χ2n) is 6.87. The Balaban J connectivity index is 1.78. The van der Waals surface area contributed by atoms with Gasteiger partial charge in [0.15, 0.2) is 0 Å². The van der Waals surface area contributed by atoms with E-state index in [-0.39, 0.29) is 10.6 Å². The monoisotopic (exact) mass is 451 g/mol. The smallest absolute Gasteiger partial charge is 0.243 e. The van der Waals surface area contributed by atoms with E-state index in [1.165, 1.54) is 0 Å². The average molecular weight is 452 g/mol. The van der Waals surface area contributed by atoms with E-state index in [0.717, 1.165) is 17.3 Å². The molecule has 0 amide bonds. The van der Waals surface area contributed by atoms with E-state index in [1.807, 2.05) is 0 Å². The second-order valence-corrected chi connectivity index (χ2v) is 9.72. The van der Waals surface area contributed by atoms with Crippen LogP contribution in [0.4, 0.5) is 11.4 Å². The average Bonchev–Trinajstić information content (AvgIpc) is 2.64. The van der Waals surface area contributed by atoms with Crippen molar-refractivity contribution in [2.24, 2.45) is 16.1 Å². The van der Waals surface area contributed by atoms with Gasteiger partial charge in [-0.05, 0) is 67.6 Å². The number of aromatic hydroxyl groups is 1. The van der Waals surface area contributed by atoms with E-state index in [1.54, 1.807) is 47.6 Å². The normalized spacial score (nSPS) is 16.9. The maximum atomic E-state index is 12.7. The molecule has 0 aromatic heterocycles. The van der Waals surface area contributed by atoms with Crippen LogP contribution < -0.4 is 0 Å². The Morgan fingerprint density at radius 2 is 1.74 bits per heavy atom. The van der Waals surface area contributed by atoms with Gasteiger partial charge in [-0.1, -0.05) is 22.9 Å². The van der Waals surface area contributed by atoms with Crippen LogP contribution in [0.2, 0.25) is 0 Å². The molecule has 0 atom stereocenters. The molecule has 0 bridgehead atoms. The molecule has 0 aliphatic carbocycles. The van der Waals surface area contributed by atoms with Crippen molar-refractivity contribution in [3.8, 4) is 5.75 Å². The van der Waals surface area contributed by atoms with Gasteiger partial charge in [-0.25, -0.2) is 8.42 Å². The van der Waals surface area contributed by atoms with Crippen LogP contribution in [0.3, 0.4) is 0 Å². The first-order valence-corrected chi connectivity index (χ1v) is 11.0. The zero-order chi connectivity index (χ0) is 19.6. The highest BCUT2D eigenvalue weighted by atomic mass is 79.9. The van der Waals surface area contributed by atoms with Crippen molar-refractivity contribution in [3.05, 3.63) is 46.4 Å². The predicted molar refractivity (Wildman–Crippen MR) is 108 cm³/mol. The second kappa shape index (κ2) is 8.08. The first kappa shape index (κ1) is 20.0. The number of nitrogens with zero attached hydrogens (tertiary/aromatic N) is 3. The van der Waals surface area contributed by atoms with Gasteiger partial charge in [0.05, 0.1) is 10.6 Å². The minimum Gasteiger partial charge on any atom is -0.505 e. The highest BCUT2D eigenvalue weighted by molar-refractivity contribution is 9.10. The summed E-state index contributed by atoms with van der Waals surface area (Å²) in [5, 5.41) is 18.2. The summed E-state index contributed by atoms with van der Waals surface area (Å²) in [5.41, 5.74) is 1.55. The van der Waals surface area contributed by atoms with E-state index < -0.39 is 10.0 Å². The fraction of sp³-hybridized carbons (Fsp3) is 0.368. The Hall–Kier alpha value is -1.77. The van der Waals surface area contributed by atoms with Crippen molar-refractivity contribution in [1.82, 2.24) is 4.31 Å². The first-order valence-electron chi connectivity index (χ1n) is 8.78. The van der Waals surface area contributed by atoms with Gasteiger partial charge in [0.25, 0.3) is 0 Å². The van der Waals surface area contributed by atoms with Crippen LogP contribution in [-0.4, -0.2) is 30.9 Å². The highest BCUT2D eigenvalue weighted by Crippen LogP contribution is 2.34. The zero-order valence-corrected chi connectivity index (χ0v) is 17.7. The number of aryl methyl sites for hydroxylation is 1. The van der Waals surface area contributed by atoms with Crippen LogP contribution in [-0.2, 0) is 10.0 Å². The summed E-state index contributed by atoms with van der Waals surface area (Å²) in [6.45, 7) is 5.05. The Labute approximate surface area is 168 Å². The summed E-state index contributed by atoms with van der Waals surface area (Å²) < 4.78 is 27.8. The number of benzene rings is 2. The van der Waals surface area contributed by atoms with Gasteiger partial charge in [0, 0.05) is 17.6 Å². The summed E-state index contributed by atoms with van der Waals surface area (Å²) in [6, 6.07) is 9.79. The lowest BCUT2D eigenvalue weighted by molar-refractivity contribution is 0.288. The van der Waals surface area contributed by atoms with Gasteiger partial charge in [-0.15, -0.1) is 5.11 Å². The molecule has 1 saturated heterocycles. The Bertz CT molecular complexity index is 951. The molecule has 144 valence electrons. The maximum absolute atomic E-state index is 12.7. The number of sulfonamides is 1. The number of phenolic OH excluding ortho intramolecular Hbond substituents is 1. The van der Waals surface area contributed by atoms with E-state index in [2.05, 4.69) is 33.1 Å². The van der Waals surface area contributed by atoms with E-state index in [4.69, 9.17) is 0 Å². The largest absolute Gasteiger partial charge is 0.505 e. The molecule has 1 heterocycles. The SMILES string of the molecule is Cc1cc(Br)cc(N=Nc2ccc(S(=O)(=O)N3CCC(C)CC3)cc2)c1O. The number of piperidine rings is 1. The molecule has 1 aliphatic heterocycles. The Morgan fingerprint density at radius 3 is 2.37 bits per heavy atom. The number of hydrogen-bond donors (Lipinski definition) is 1. The van der Waals surface area contributed by atoms with Crippen molar-refractivity contribution in [2.75, 3.05) is 13.1 Å². The molecule has 0 spiro atoms. The standard InChI is InChI=1S/C19H22BrN3O3S/c1-13-7-9-23(10-8-13)27(25,26)17-5-3-16(4-6-17)21-22-18-12-15(20)11-14(2)19(18)24/h3-6,11-13,24H,7-10H2,1-2H3. The molecule has 0 saturated carbocycles. The Morgan fingerprint density at radius 1 is 1.11 bits per heavy atom. The van der Waals surface area contributed by atoms with Crippen molar-refractivity contribution >= 4 is 37.3 Å². The lowest BCUT2D eigenvalue weighted by Crippen LogP contribution is -2.37. The van der Waals surface area contributed by atoms with Crippen LogP contribution in [0.5, 0.6) is 5.75 Å². The van der Waals surface area contributed by atoms with Crippen LogP contribution in [0.25, 0.3) is 0 Å². The fourth-order valence-electron chi connectivity index (χ4n) is 2.96. The molecule has 27 heavy (non-hydrogen) atoms. The van der Waals surface area contributed by atoms with Gasteiger partial charge < -0.3 is 5.11 Å².